The second kappa shape index (κ2) is 5.50. The van der Waals surface area contributed by atoms with E-state index < -0.39 is 0 Å². The molecule has 0 aromatic carbocycles. The predicted octanol–water partition coefficient (Wildman–Crippen LogP) is 2.78. The highest BCUT2D eigenvalue weighted by Gasteiger charge is 2.30. The molecule has 2 fully saturated rings. The molecule has 2 rings (SSSR count). The van der Waals surface area contributed by atoms with E-state index in [0.717, 1.165) is 6.04 Å². The molecule has 0 spiro atoms. The fraction of sp³-hybridized carbons (Fsp3) is 1.00. The number of piperidine rings is 1. The molecule has 2 unspecified atom stereocenters. The third-order valence-electron chi connectivity index (χ3n) is 4.45. The van der Waals surface area contributed by atoms with Gasteiger partial charge >= 0.3 is 0 Å². The van der Waals surface area contributed by atoms with Gasteiger partial charge in [-0.15, -0.1) is 0 Å². The van der Waals surface area contributed by atoms with Crippen LogP contribution in [0.5, 0.6) is 0 Å². The Morgan fingerprint density at radius 3 is 2.81 bits per heavy atom. The molecule has 16 heavy (non-hydrogen) atoms. The molecular formula is C14H28N2. The molecule has 0 bridgehead atoms. The average Bonchev–Trinajstić information content (AvgIpc) is 2.45. The van der Waals surface area contributed by atoms with E-state index in [-0.39, 0.29) is 0 Å². The van der Waals surface area contributed by atoms with E-state index in [1.54, 1.807) is 0 Å². The van der Waals surface area contributed by atoms with Gasteiger partial charge in [0.25, 0.3) is 0 Å². The zero-order chi connectivity index (χ0) is 11.4. The minimum Gasteiger partial charge on any atom is -0.310 e. The lowest BCUT2D eigenvalue weighted by Crippen LogP contribution is -2.55. The molecule has 1 N–H and O–H groups in total. The normalized spacial score (nSPS) is 38.2. The fourth-order valence-corrected chi connectivity index (χ4v) is 3.27. The van der Waals surface area contributed by atoms with Gasteiger partial charge in [0.1, 0.15) is 0 Å². The molecule has 0 radical (unpaired) electrons. The van der Waals surface area contributed by atoms with Crippen molar-refractivity contribution < 1.29 is 0 Å². The van der Waals surface area contributed by atoms with Crippen molar-refractivity contribution >= 4 is 0 Å². The van der Waals surface area contributed by atoms with Crippen LogP contribution in [0.4, 0.5) is 0 Å². The largest absolute Gasteiger partial charge is 0.310 e. The number of hydrogen-bond donors (Lipinski definition) is 1. The number of rotatable bonds is 2. The summed E-state index contributed by atoms with van der Waals surface area (Å²) >= 11 is 0. The monoisotopic (exact) mass is 224 g/mol. The van der Waals surface area contributed by atoms with E-state index in [0.29, 0.717) is 5.54 Å². The maximum atomic E-state index is 3.74. The second-order valence-electron chi connectivity index (χ2n) is 6.11. The Balaban J connectivity index is 1.90. The summed E-state index contributed by atoms with van der Waals surface area (Å²) in [6, 6.07) is 0.794. The van der Waals surface area contributed by atoms with Crippen molar-refractivity contribution in [1.82, 2.24) is 10.2 Å². The van der Waals surface area contributed by atoms with Crippen molar-refractivity contribution in [3.63, 3.8) is 0 Å². The van der Waals surface area contributed by atoms with Gasteiger partial charge in [0.2, 0.25) is 0 Å². The molecule has 0 saturated carbocycles. The van der Waals surface area contributed by atoms with Gasteiger partial charge in [0, 0.05) is 18.1 Å². The van der Waals surface area contributed by atoms with Gasteiger partial charge in [0.05, 0.1) is 0 Å². The summed E-state index contributed by atoms with van der Waals surface area (Å²) in [7, 11) is 0. The summed E-state index contributed by atoms with van der Waals surface area (Å²) in [5.41, 5.74) is 0.386. The van der Waals surface area contributed by atoms with Crippen LogP contribution < -0.4 is 5.32 Å². The maximum Gasteiger partial charge on any atom is 0.0280 e. The summed E-state index contributed by atoms with van der Waals surface area (Å²) in [6.07, 6.45) is 9.80. The van der Waals surface area contributed by atoms with Gasteiger partial charge in [-0.1, -0.05) is 19.3 Å². The highest BCUT2D eigenvalue weighted by Crippen LogP contribution is 2.24. The van der Waals surface area contributed by atoms with Crippen LogP contribution in [0.2, 0.25) is 0 Å². The zero-order valence-corrected chi connectivity index (χ0v) is 11.1. The third kappa shape index (κ3) is 3.21. The Morgan fingerprint density at radius 2 is 2.06 bits per heavy atom. The standard InChI is InChI=1S/C14H28N2/c1-13-8-4-3-7-11-16(13)12-14(2)9-5-6-10-15-14/h13,15H,3-12H2,1-2H3. The third-order valence-corrected chi connectivity index (χ3v) is 4.45. The SMILES string of the molecule is CC1CCCCCN1CC1(C)CCCCN1. The first kappa shape index (κ1) is 12.4. The Bertz CT molecular complexity index is 209. The maximum absolute atomic E-state index is 3.74. The molecule has 2 nitrogen and oxygen atoms in total. The van der Waals surface area contributed by atoms with Crippen LogP contribution >= 0.6 is 0 Å². The van der Waals surface area contributed by atoms with Gasteiger partial charge < -0.3 is 5.32 Å². The van der Waals surface area contributed by atoms with E-state index in [1.165, 1.54) is 64.6 Å². The number of nitrogens with one attached hydrogen (secondary N) is 1. The summed E-state index contributed by atoms with van der Waals surface area (Å²) in [4.78, 5) is 2.73. The first-order chi connectivity index (χ1) is 7.70. The van der Waals surface area contributed by atoms with Crippen molar-refractivity contribution in [3.05, 3.63) is 0 Å². The van der Waals surface area contributed by atoms with E-state index in [4.69, 9.17) is 0 Å². The first-order valence-electron chi connectivity index (χ1n) is 7.19. The molecule has 0 aromatic heterocycles. The van der Waals surface area contributed by atoms with Gasteiger partial charge in [-0.05, 0) is 52.6 Å². The van der Waals surface area contributed by atoms with Gasteiger partial charge in [-0.2, -0.15) is 0 Å². The van der Waals surface area contributed by atoms with Crippen LogP contribution in [0, 0.1) is 0 Å². The quantitative estimate of drug-likeness (QED) is 0.776. The second-order valence-corrected chi connectivity index (χ2v) is 6.11. The molecule has 0 amide bonds. The van der Waals surface area contributed by atoms with Crippen molar-refractivity contribution in [2.24, 2.45) is 0 Å². The number of hydrogen-bond acceptors (Lipinski definition) is 2. The Morgan fingerprint density at radius 1 is 1.19 bits per heavy atom. The van der Waals surface area contributed by atoms with Crippen LogP contribution in [0.25, 0.3) is 0 Å². The van der Waals surface area contributed by atoms with Crippen LogP contribution in [0.3, 0.4) is 0 Å². The predicted molar refractivity (Wildman–Crippen MR) is 69.8 cm³/mol. The molecular weight excluding hydrogens is 196 g/mol. The fourth-order valence-electron chi connectivity index (χ4n) is 3.27. The van der Waals surface area contributed by atoms with E-state index in [9.17, 15) is 0 Å². The number of likely N-dealkylation sites (tertiary alicyclic amines) is 1. The summed E-state index contributed by atoms with van der Waals surface area (Å²) in [5, 5.41) is 3.74. The highest BCUT2D eigenvalue weighted by atomic mass is 15.2. The molecule has 2 heterocycles. The van der Waals surface area contributed by atoms with Crippen LogP contribution in [0.1, 0.15) is 58.8 Å². The first-order valence-corrected chi connectivity index (χ1v) is 7.19. The van der Waals surface area contributed by atoms with Crippen molar-refractivity contribution in [2.75, 3.05) is 19.6 Å². The molecule has 94 valence electrons. The van der Waals surface area contributed by atoms with Gasteiger partial charge in [-0.25, -0.2) is 0 Å². The van der Waals surface area contributed by atoms with E-state index >= 15 is 0 Å². The van der Waals surface area contributed by atoms with Gasteiger partial charge in [0.15, 0.2) is 0 Å². The van der Waals surface area contributed by atoms with Crippen LogP contribution in [-0.2, 0) is 0 Å². The molecule has 0 aromatic rings. The van der Waals surface area contributed by atoms with Gasteiger partial charge in [-0.3, -0.25) is 4.90 Å². The Hall–Kier alpha value is -0.0800. The minimum atomic E-state index is 0.386. The van der Waals surface area contributed by atoms with Crippen molar-refractivity contribution in [3.8, 4) is 0 Å². The topological polar surface area (TPSA) is 15.3 Å². The molecule has 0 aliphatic carbocycles. The highest BCUT2D eigenvalue weighted by molar-refractivity contribution is 4.91. The lowest BCUT2D eigenvalue weighted by atomic mass is 9.90. The van der Waals surface area contributed by atoms with E-state index in [1.807, 2.05) is 0 Å². The van der Waals surface area contributed by atoms with Crippen LogP contribution in [0.15, 0.2) is 0 Å². The molecule has 2 saturated heterocycles. The molecule has 2 aliphatic heterocycles. The zero-order valence-electron chi connectivity index (χ0n) is 11.1. The van der Waals surface area contributed by atoms with E-state index in [2.05, 4.69) is 24.1 Å². The summed E-state index contributed by atoms with van der Waals surface area (Å²) in [5.74, 6) is 0. The molecule has 2 aliphatic rings. The minimum absolute atomic E-state index is 0.386. The summed E-state index contributed by atoms with van der Waals surface area (Å²) in [6.45, 7) is 8.63. The molecule has 2 atom stereocenters. The average molecular weight is 224 g/mol. The molecule has 2 heteroatoms. The number of nitrogens with zero attached hydrogens (tertiary/aromatic N) is 1. The lowest BCUT2D eigenvalue weighted by Gasteiger charge is -2.41. The Labute approximate surface area is 101 Å². The Kier molecular flexibility index (Phi) is 4.26. The van der Waals surface area contributed by atoms with Crippen molar-refractivity contribution in [1.29, 1.82) is 0 Å². The lowest BCUT2D eigenvalue weighted by molar-refractivity contribution is 0.132. The van der Waals surface area contributed by atoms with Crippen LogP contribution in [-0.4, -0.2) is 36.1 Å². The summed E-state index contributed by atoms with van der Waals surface area (Å²) < 4.78 is 0. The van der Waals surface area contributed by atoms with Crippen molar-refractivity contribution in [2.45, 2.75) is 70.4 Å². The smallest absolute Gasteiger partial charge is 0.0280 e.